The van der Waals surface area contributed by atoms with E-state index in [9.17, 15) is 9.18 Å². The molecule has 4 rings (SSSR count). The average Bonchev–Trinajstić information content (AvgIpc) is 3.08. The van der Waals surface area contributed by atoms with Crippen molar-refractivity contribution in [1.82, 2.24) is 19.7 Å². The van der Waals surface area contributed by atoms with Crippen LogP contribution in [-0.4, -0.2) is 30.8 Å². The zero-order valence-corrected chi connectivity index (χ0v) is 14.8. The van der Waals surface area contributed by atoms with Crippen LogP contribution in [0.25, 0.3) is 17.1 Å². The molecule has 1 atom stereocenters. The third-order valence-electron chi connectivity index (χ3n) is 4.39. The third-order valence-corrected chi connectivity index (χ3v) is 5.65. The van der Waals surface area contributed by atoms with Crippen molar-refractivity contribution in [3.8, 4) is 17.1 Å². The Bertz CT molecular complexity index is 928. The molecule has 0 amide bonds. The molecule has 7 heteroatoms. The maximum Gasteiger partial charge on any atom is 0.196 e. The Kier molecular flexibility index (Phi) is 4.79. The summed E-state index contributed by atoms with van der Waals surface area (Å²) in [5.74, 6) is 0.371. The Hall–Kier alpha value is -2.54. The van der Waals surface area contributed by atoms with Crippen molar-refractivity contribution < 1.29 is 9.18 Å². The molecule has 1 aliphatic carbocycles. The van der Waals surface area contributed by atoms with Gasteiger partial charge in [-0.1, -0.05) is 30.3 Å². The lowest BCUT2D eigenvalue weighted by atomic mass is 9.99. The van der Waals surface area contributed by atoms with Gasteiger partial charge in [-0.05, 0) is 37.1 Å². The summed E-state index contributed by atoms with van der Waals surface area (Å²) in [7, 11) is 0. The maximum absolute atomic E-state index is 14.5. The number of pyridine rings is 1. The molecule has 26 heavy (non-hydrogen) atoms. The molecule has 1 fully saturated rings. The molecule has 1 aromatic carbocycles. The Morgan fingerprint density at radius 1 is 1.12 bits per heavy atom. The van der Waals surface area contributed by atoms with E-state index >= 15 is 0 Å². The van der Waals surface area contributed by atoms with Crippen molar-refractivity contribution in [3.05, 3.63) is 54.6 Å². The van der Waals surface area contributed by atoms with Crippen LogP contribution >= 0.6 is 11.8 Å². The normalized spacial score (nSPS) is 17.4. The van der Waals surface area contributed by atoms with Gasteiger partial charge in [-0.25, -0.2) is 4.39 Å². The van der Waals surface area contributed by atoms with Gasteiger partial charge < -0.3 is 0 Å². The summed E-state index contributed by atoms with van der Waals surface area (Å²) in [6.07, 6.45) is 6.71. The van der Waals surface area contributed by atoms with Crippen LogP contribution in [0.4, 0.5) is 4.39 Å². The number of hydrogen-bond acceptors (Lipinski definition) is 5. The quantitative estimate of drug-likeness (QED) is 0.695. The number of ketones is 1. The first-order chi connectivity index (χ1) is 12.7. The van der Waals surface area contributed by atoms with Gasteiger partial charge in [0.15, 0.2) is 11.0 Å². The zero-order chi connectivity index (χ0) is 17.9. The first-order valence-electron chi connectivity index (χ1n) is 8.54. The largest absolute Gasteiger partial charge is 0.298 e. The average molecular weight is 368 g/mol. The number of rotatable bonds is 4. The highest BCUT2D eigenvalue weighted by molar-refractivity contribution is 8.00. The monoisotopic (exact) mass is 368 g/mol. The summed E-state index contributed by atoms with van der Waals surface area (Å²) in [6, 6.07) is 10.2. The van der Waals surface area contributed by atoms with Gasteiger partial charge in [0.1, 0.15) is 11.6 Å². The van der Waals surface area contributed by atoms with Crippen LogP contribution in [0.15, 0.2) is 53.9 Å². The van der Waals surface area contributed by atoms with Crippen molar-refractivity contribution in [2.24, 2.45) is 0 Å². The fraction of sp³-hybridized carbons (Fsp3) is 0.263. The lowest BCUT2D eigenvalue weighted by Gasteiger charge is -2.20. The highest BCUT2D eigenvalue weighted by Crippen LogP contribution is 2.34. The van der Waals surface area contributed by atoms with E-state index < -0.39 is 0 Å². The molecule has 3 aromatic rings. The number of carbonyl (C=O) groups is 1. The van der Waals surface area contributed by atoms with E-state index in [1.165, 1.54) is 17.8 Å². The molecular weight excluding hydrogens is 351 g/mol. The number of hydrogen-bond donors (Lipinski definition) is 0. The van der Waals surface area contributed by atoms with Crippen molar-refractivity contribution >= 4 is 17.5 Å². The molecular formula is C19H17FN4OS. The Morgan fingerprint density at radius 3 is 2.77 bits per heavy atom. The number of Topliss-reactive ketones (excluding diaryl/α,β-unsaturated/α-hetero) is 1. The van der Waals surface area contributed by atoms with E-state index in [-0.39, 0.29) is 16.9 Å². The number of aromatic nitrogens is 4. The van der Waals surface area contributed by atoms with Crippen molar-refractivity contribution in [3.63, 3.8) is 0 Å². The van der Waals surface area contributed by atoms with E-state index in [2.05, 4.69) is 15.2 Å². The molecule has 0 aliphatic heterocycles. The number of benzene rings is 1. The second-order valence-electron chi connectivity index (χ2n) is 6.15. The Balaban J connectivity index is 1.81. The van der Waals surface area contributed by atoms with Crippen molar-refractivity contribution in [1.29, 1.82) is 0 Å². The Morgan fingerprint density at radius 2 is 2.00 bits per heavy atom. The Labute approximate surface area is 154 Å². The van der Waals surface area contributed by atoms with Gasteiger partial charge in [-0.2, -0.15) is 0 Å². The minimum Gasteiger partial charge on any atom is -0.298 e. The van der Waals surface area contributed by atoms with Crippen LogP contribution in [0.1, 0.15) is 25.7 Å². The maximum atomic E-state index is 14.5. The van der Waals surface area contributed by atoms with E-state index in [4.69, 9.17) is 0 Å². The third kappa shape index (κ3) is 3.26. The van der Waals surface area contributed by atoms with Crippen LogP contribution in [0.2, 0.25) is 0 Å². The fourth-order valence-electron chi connectivity index (χ4n) is 3.08. The van der Waals surface area contributed by atoms with Gasteiger partial charge in [0, 0.05) is 24.4 Å². The molecule has 0 N–H and O–H groups in total. The molecule has 132 valence electrons. The van der Waals surface area contributed by atoms with Gasteiger partial charge in [0.25, 0.3) is 0 Å². The summed E-state index contributed by atoms with van der Waals surface area (Å²) >= 11 is 1.37. The van der Waals surface area contributed by atoms with E-state index in [1.54, 1.807) is 41.2 Å². The summed E-state index contributed by atoms with van der Waals surface area (Å²) in [4.78, 5) is 16.3. The van der Waals surface area contributed by atoms with Crippen LogP contribution in [0.3, 0.4) is 0 Å². The molecule has 1 saturated carbocycles. The topological polar surface area (TPSA) is 60.7 Å². The van der Waals surface area contributed by atoms with Crippen LogP contribution < -0.4 is 0 Å². The number of para-hydroxylation sites is 1. The van der Waals surface area contributed by atoms with Crippen LogP contribution in [-0.2, 0) is 4.79 Å². The van der Waals surface area contributed by atoms with E-state index in [1.807, 2.05) is 6.07 Å². The summed E-state index contributed by atoms with van der Waals surface area (Å²) in [5, 5.41) is 8.91. The summed E-state index contributed by atoms with van der Waals surface area (Å²) in [6.45, 7) is 0. The summed E-state index contributed by atoms with van der Waals surface area (Å²) in [5.41, 5.74) is 1.10. The molecule has 0 spiro atoms. The molecule has 5 nitrogen and oxygen atoms in total. The minimum atomic E-state index is -0.366. The number of carbonyl (C=O) groups excluding carboxylic acids is 1. The lowest BCUT2D eigenvalue weighted by Crippen LogP contribution is -2.21. The molecule has 2 aromatic heterocycles. The van der Waals surface area contributed by atoms with Gasteiger partial charge in [-0.15, -0.1) is 10.2 Å². The summed E-state index contributed by atoms with van der Waals surface area (Å²) < 4.78 is 16.2. The SMILES string of the molecule is O=C1CCCC[C@@H]1Sc1nnc(-c2cccnc2)n1-c1ccccc1F. The molecule has 0 radical (unpaired) electrons. The molecule has 0 bridgehead atoms. The van der Waals surface area contributed by atoms with Crippen LogP contribution in [0, 0.1) is 5.82 Å². The van der Waals surface area contributed by atoms with Crippen molar-refractivity contribution in [2.45, 2.75) is 36.1 Å². The van der Waals surface area contributed by atoms with Gasteiger partial charge in [0.05, 0.1) is 10.9 Å². The molecule has 1 aliphatic rings. The minimum absolute atomic E-state index is 0.153. The molecule has 2 heterocycles. The van der Waals surface area contributed by atoms with Gasteiger partial charge in [0.2, 0.25) is 0 Å². The van der Waals surface area contributed by atoms with Crippen molar-refractivity contribution in [2.75, 3.05) is 0 Å². The van der Waals surface area contributed by atoms with E-state index in [0.29, 0.717) is 23.1 Å². The second-order valence-corrected chi connectivity index (χ2v) is 7.32. The van der Waals surface area contributed by atoms with Gasteiger partial charge in [-0.3, -0.25) is 14.3 Å². The second kappa shape index (κ2) is 7.37. The van der Waals surface area contributed by atoms with Crippen LogP contribution in [0.5, 0.6) is 0 Å². The predicted molar refractivity (Wildman–Crippen MR) is 97.7 cm³/mol. The van der Waals surface area contributed by atoms with E-state index in [0.717, 1.165) is 24.8 Å². The smallest absolute Gasteiger partial charge is 0.196 e. The highest BCUT2D eigenvalue weighted by atomic mass is 32.2. The first-order valence-corrected chi connectivity index (χ1v) is 9.42. The first kappa shape index (κ1) is 16.9. The zero-order valence-electron chi connectivity index (χ0n) is 14.0. The molecule has 0 saturated heterocycles. The predicted octanol–water partition coefficient (Wildman–Crippen LogP) is 4.07. The standard InChI is InChI=1S/C19H17FN4OS/c20-14-7-1-2-8-15(14)24-18(13-6-5-11-21-12-13)22-23-19(24)26-17-10-4-3-9-16(17)25/h1-2,5-8,11-12,17H,3-4,9-10H2/t17-/m0/s1. The molecule has 0 unspecified atom stereocenters. The highest BCUT2D eigenvalue weighted by Gasteiger charge is 2.27. The fourth-order valence-corrected chi connectivity index (χ4v) is 4.25. The number of nitrogens with zero attached hydrogens (tertiary/aromatic N) is 4. The lowest BCUT2D eigenvalue weighted by molar-refractivity contribution is -0.119. The number of halogens is 1. The van der Waals surface area contributed by atoms with Gasteiger partial charge >= 0.3 is 0 Å². The number of thioether (sulfide) groups is 1.